The molecule has 0 fully saturated rings. The van der Waals surface area contributed by atoms with Crippen LogP contribution in [-0.2, 0) is 25.7 Å². The summed E-state index contributed by atoms with van der Waals surface area (Å²) >= 11 is 0. The van der Waals surface area contributed by atoms with Crippen LogP contribution in [0, 0.1) is 13.8 Å². The Balaban J connectivity index is 0.000000118. The molecule has 0 atom stereocenters. The van der Waals surface area contributed by atoms with Crippen molar-refractivity contribution < 1.29 is 0 Å². The van der Waals surface area contributed by atoms with E-state index in [0.717, 1.165) is 25.7 Å². The van der Waals surface area contributed by atoms with Crippen molar-refractivity contribution in [3.63, 3.8) is 0 Å². The SMILES string of the molecule is CCCCc1ccc2c(c1)c1cc(CCCC)ccc1n2-c1ccc(-c2ccc(-n3c4ccc(CCCC)cc4c4cc(CCCC)ccc43)cc2)cc1.Cc1cc(-n2c3ccccc3c3ccccc32)ccc1-c1ccc(-n2c3ccccc3c3ccccc32)cc1C.c1ccc2c(c1)c1ccccc1n2-c1ccc(-c2ccc(-n3c4ccccc4c4ccccc43)cc2)cc1. The number of aromatic nitrogens is 6. The minimum atomic E-state index is 1.14. The maximum Gasteiger partial charge on any atom is 0.0541 e. The predicted molar refractivity (Wildman–Crippen MR) is 566 cm³/mol. The number of fused-ring (bicyclic) bond motifs is 18. The van der Waals surface area contributed by atoms with Gasteiger partial charge in [0, 0.05) is 98.8 Å². The number of hydrogen-bond donors (Lipinski definition) is 0. The van der Waals surface area contributed by atoms with E-state index < -0.39 is 0 Å². The first-order chi connectivity index (χ1) is 65.1. The Labute approximate surface area is 772 Å². The Kier molecular flexibility index (Phi) is 22.3. The van der Waals surface area contributed by atoms with Crippen molar-refractivity contribution in [2.75, 3.05) is 0 Å². The van der Waals surface area contributed by atoms with Crippen molar-refractivity contribution in [2.45, 2.75) is 119 Å². The quantitative estimate of drug-likeness (QED) is 0.0686. The number of para-hydroxylation sites is 8. The van der Waals surface area contributed by atoms with Crippen LogP contribution >= 0.6 is 0 Å². The molecule has 0 saturated heterocycles. The number of hydrogen-bond acceptors (Lipinski definition) is 0. The molecule has 0 aliphatic rings. The van der Waals surface area contributed by atoms with Crippen LogP contribution in [0.4, 0.5) is 0 Å². The standard InChI is InChI=1S/C52H56N2.C38H28N2.C36H24N2/c1-5-9-13-37-17-29-49-45(33-37)46-34-38(14-10-6-2)18-30-50(46)53(49)43-25-21-41(22-26-43)42-23-27-44(28-24-42)54-51-31-19-39(15-11-7-3)35-47(51)48-36-40(16-12-8-4)20-32-52(48)54;1-25-23-27(39-35-15-7-3-11-31(35)32-12-4-8-16-36(32)39)19-21-29(25)30-22-20-28(24-26(30)2)40-37-17-9-5-13-33(37)34-14-6-10-18-38(34)40;1-5-13-33-29(9-1)30-10-2-6-14-34(30)37(33)27-21-17-25(18-22-27)26-19-23-28(24-20-26)38-35-15-7-3-11-31(35)32-12-4-8-16-36(32)38/h17-36H,5-16H2,1-4H3;3-24H,1-2H3;1-24H. The van der Waals surface area contributed by atoms with E-state index in [-0.39, 0.29) is 0 Å². The van der Waals surface area contributed by atoms with Gasteiger partial charge in [-0.05, 0) is 302 Å². The van der Waals surface area contributed by atoms with E-state index in [1.54, 1.807) is 0 Å². The maximum absolute atomic E-state index is 2.47. The lowest BCUT2D eigenvalue weighted by molar-refractivity contribution is 0.795. The summed E-state index contributed by atoms with van der Waals surface area (Å²) in [6.07, 6.45) is 14.3. The van der Waals surface area contributed by atoms with Crippen LogP contribution < -0.4 is 0 Å². The highest BCUT2D eigenvalue weighted by molar-refractivity contribution is 6.15. The first-order valence-electron chi connectivity index (χ1n) is 47.9. The van der Waals surface area contributed by atoms with Gasteiger partial charge in [0.15, 0.2) is 0 Å². The fourth-order valence-corrected chi connectivity index (χ4v) is 21.1. The smallest absolute Gasteiger partial charge is 0.0541 e. The molecule has 6 heterocycles. The van der Waals surface area contributed by atoms with Gasteiger partial charge in [-0.3, -0.25) is 0 Å². The zero-order valence-corrected chi connectivity index (χ0v) is 76.3. The van der Waals surface area contributed by atoms with Crippen LogP contribution in [0.5, 0.6) is 0 Å². The molecule has 132 heavy (non-hydrogen) atoms. The van der Waals surface area contributed by atoms with Crippen LogP contribution in [0.25, 0.3) is 198 Å². The van der Waals surface area contributed by atoms with E-state index in [0.29, 0.717) is 0 Å². The van der Waals surface area contributed by atoms with Crippen molar-refractivity contribution in [2.24, 2.45) is 0 Å². The average Bonchev–Trinajstić information content (AvgIpc) is 1.57. The highest BCUT2D eigenvalue weighted by Crippen LogP contribution is 2.43. The normalized spacial score (nSPS) is 11.8. The molecule has 18 aromatic carbocycles. The first kappa shape index (κ1) is 82.4. The molecule has 0 N–H and O–H groups in total. The monoisotopic (exact) mass is 1700 g/mol. The summed E-state index contributed by atoms with van der Waals surface area (Å²) in [5.74, 6) is 0. The topological polar surface area (TPSA) is 29.6 Å². The Bertz CT molecular complexity index is 7600. The molecule has 0 unspecified atom stereocenters. The Hall–Kier alpha value is -15.2. The maximum atomic E-state index is 2.47. The lowest BCUT2D eigenvalue weighted by Crippen LogP contribution is -1.98. The Morgan fingerprint density at radius 3 is 0.523 bits per heavy atom. The van der Waals surface area contributed by atoms with Gasteiger partial charge in [-0.1, -0.05) is 284 Å². The van der Waals surface area contributed by atoms with Gasteiger partial charge in [0.2, 0.25) is 0 Å². The summed E-state index contributed by atoms with van der Waals surface area (Å²) in [7, 11) is 0. The number of nitrogens with zero attached hydrogens (tertiary/aromatic N) is 6. The number of rotatable bonds is 21. The van der Waals surface area contributed by atoms with Gasteiger partial charge >= 0.3 is 0 Å². The van der Waals surface area contributed by atoms with E-state index in [1.165, 1.54) is 283 Å². The summed E-state index contributed by atoms with van der Waals surface area (Å²) in [6, 6.07) is 148. The van der Waals surface area contributed by atoms with Crippen LogP contribution in [0.3, 0.4) is 0 Å². The molecule has 0 aliphatic carbocycles. The molecule has 0 aliphatic heterocycles. The van der Waals surface area contributed by atoms with Gasteiger partial charge in [0.1, 0.15) is 0 Å². The van der Waals surface area contributed by atoms with E-state index in [9.17, 15) is 0 Å². The van der Waals surface area contributed by atoms with Crippen LogP contribution in [0.15, 0.2) is 400 Å². The lowest BCUT2D eigenvalue weighted by atomic mass is 9.95. The van der Waals surface area contributed by atoms with Crippen molar-refractivity contribution in [3.8, 4) is 67.5 Å². The Morgan fingerprint density at radius 1 is 0.159 bits per heavy atom. The molecule has 6 aromatic heterocycles. The molecule has 6 nitrogen and oxygen atoms in total. The lowest BCUT2D eigenvalue weighted by Gasteiger charge is -2.15. The molecule has 0 bridgehead atoms. The molecule has 24 aromatic rings. The summed E-state index contributed by atoms with van der Waals surface area (Å²) in [4.78, 5) is 0. The molecule has 24 rings (SSSR count). The highest BCUT2D eigenvalue weighted by atomic mass is 15.0. The number of benzene rings is 18. The molecule has 0 saturated carbocycles. The van der Waals surface area contributed by atoms with Crippen LogP contribution in [0.2, 0.25) is 0 Å². The van der Waals surface area contributed by atoms with Gasteiger partial charge in [0.05, 0.1) is 66.2 Å². The second-order valence-electron chi connectivity index (χ2n) is 36.2. The number of unbranched alkanes of at least 4 members (excludes halogenated alkanes) is 4. The summed E-state index contributed by atoms with van der Waals surface area (Å²) in [5, 5.41) is 15.8. The zero-order chi connectivity index (χ0) is 88.9. The van der Waals surface area contributed by atoms with E-state index in [4.69, 9.17) is 0 Å². The van der Waals surface area contributed by atoms with Crippen molar-refractivity contribution in [3.05, 3.63) is 434 Å². The van der Waals surface area contributed by atoms with E-state index in [2.05, 4.69) is 469 Å². The van der Waals surface area contributed by atoms with Crippen LogP contribution in [0.1, 0.15) is 112 Å². The second kappa shape index (κ2) is 35.7. The van der Waals surface area contributed by atoms with Gasteiger partial charge in [0.25, 0.3) is 0 Å². The van der Waals surface area contributed by atoms with Gasteiger partial charge in [-0.2, -0.15) is 0 Å². The van der Waals surface area contributed by atoms with Gasteiger partial charge in [-0.25, -0.2) is 0 Å². The molecular weight excluding hydrogens is 1600 g/mol. The average molecular weight is 1710 g/mol. The first-order valence-corrected chi connectivity index (χ1v) is 47.9. The predicted octanol–water partition coefficient (Wildman–Crippen LogP) is 34.6. The van der Waals surface area contributed by atoms with Crippen molar-refractivity contribution >= 4 is 131 Å². The minimum absolute atomic E-state index is 1.14. The fourth-order valence-electron chi connectivity index (χ4n) is 21.1. The van der Waals surface area contributed by atoms with E-state index >= 15 is 0 Å². The largest absolute Gasteiger partial charge is 0.309 e. The minimum Gasteiger partial charge on any atom is -0.309 e. The molecule has 0 amide bonds. The van der Waals surface area contributed by atoms with Gasteiger partial charge < -0.3 is 27.4 Å². The van der Waals surface area contributed by atoms with E-state index in [1.807, 2.05) is 0 Å². The second-order valence-corrected chi connectivity index (χ2v) is 36.2. The summed E-state index contributed by atoms with van der Waals surface area (Å²) in [5.41, 5.74) is 37.9. The molecule has 642 valence electrons. The summed E-state index contributed by atoms with van der Waals surface area (Å²) < 4.78 is 14.4. The molecule has 0 radical (unpaired) electrons. The zero-order valence-electron chi connectivity index (χ0n) is 76.3. The van der Waals surface area contributed by atoms with Crippen LogP contribution in [-0.4, -0.2) is 27.4 Å². The van der Waals surface area contributed by atoms with Crippen molar-refractivity contribution in [1.82, 2.24) is 27.4 Å². The number of aryl methyl sites for hydroxylation is 6. The molecule has 6 heteroatoms. The third-order valence-corrected chi connectivity index (χ3v) is 27.8. The fraction of sp³-hybridized carbons (Fsp3) is 0.143. The Morgan fingerprint density at radius 2 is 0.333 bits per heavy atom. The third-order valence-electron chi connectivity index (χ3n) is 27.8. The van der Waals surface area contributed by atoms with Gasteiger partial charge in [-0.15, -0.1) is 0 Å². The third kappa shape index (κ3) is 15.0. The summed E-state index contributed by atoms with van der Waals surface area (Å²) in [6.45, 7) is 13.6. The van der Waals surface area contributed by atoms with Crippen molar-refractivity contribution in [1.29, 1.82) is 0 Å². The molecular formula is C126H108N6. The molecule has 0 spiro atoms. The highest BCUT2D eigenvalue weighted by Gasteiger charge is 2.22.